The normalized spacial score (nSPS) is 27.2. The van der Waals surface area contributed by atoms with Crippen molar-refractivity contribution in [3.05, 3.63) is 23.2 Å². The Balaban J connectivity index is 1.85. The highest BCUT2D eigenvalue weighted by molar-refractivity contribution is 5.96. The van der Waals surface area contributed by atoms with Crippen LogP contribution in [0.5, 0.6) is 0 Å². The quantitative estimate of drug-likeness (QED) is 0.887. The van der Waals surface area contributed by atoms with Crippen LogP contribution >= 0.6 is 0 Å². The first kappa shape index (κ1) is 17.0. The van der Waals surface area contributed by atoms with Gasteiger partial charge in [-0.05, 0) is 38.8 Å². The average Bonchev–Trinajstić information content (AvgIpc) is 2.95. The van der Waals surface area contributed by atoms with Gasteiger partial charge in [0.05, 0.1) is 5.56 Å². The monoisotopic (exact) mass is 334 g/mol. The van der Waals surface area contributed by atoms with E-state index in [1.807, 2.05) is 13.8 Å². The van der Waals surface area contributed by atoms with Crippen LogP contribution < -0.4 is 5.32 Å². The van der Waals surface area contributed by atoms with Crippen molar-refractivity contribution in [3.63, 3.8) is 0 Å². The lowest BCUT2D eigenvalue weighted by Crippen LogP contribution is -2.63. The molecule has 2 aliphatic heterocycles. The van der Waals surface area contributed by atoms with Crippen molar-refractivity contribution >= 4 is 11.9 Å². The van der Waals surface area contributed by atoms with E-state index < -0.39 is 11.4 Å². The summed E-state index contributed by atoms with van der Waals surface area (Å²) < 4.78 is 5.69. The predicted octanol–water partition coefficient (Wildman–Crippen LogP) is 2.38. The first-order chi connectivity index (χ1) is 11.3. The number of carbonyl (C=O) groups is 2. The van der Waals surface area contributed by atoms with Crippen molar-refractivity contribution in [1.82, 2.24) is 10.2 Å². The van der Waals surface area contributed by atoms with Crippen molar-refractivity contribution < 1.29 is 19.1 Å². The van der Waals surface area contributed by atoms with Gasteiger partial charge < -0.3 is 19.7 Å². The lowest BCUT2D eigenvalue weighted by atomic mass is 9.70. The molecule has 2 N–H and O–H groups in total. The largest absolute Gasteiger partial charge is 0.481 e. The molecule has 1 aromatic rings. The van der Waals surface area contributed by atoms with Crippen LogP contribution in [0.4, 0.5) is 0 Å². The van der Waals surface area contributed by atoms with Crippen molar-refractivity contribution in [2.45, 2.75) is 52.0 Å². The number of likely N-dealkylation sites (tertiary alicyclic amines) is 1. The summed E-state index contributed by atoms with van der Waals surface area (Å²) in [4.78, 5) is 26.6. The lowest BCUT2D eigenvalue weighted by Gasteiger charge is -2.48. The van der Waals surface area contributed by atoms with Crippen LogP contribution in [0.15, 0.2) is 10.5 Å². The van der Waals surface area contributed by atoms with E-state index in [1.165, 1.54) is 0 Å². The maximum Gasteiger partial charge on any atom is 0.313 e. The van der Waals surface area contributed by atoms with Crippen molar-refractivity contribution in [2.75, 3.05) is 19.6 Å². The van der Waals surface area contributed by atoms with Gasteiger partial charge in [0.1, 0.15) is 16.9 Å². The second kappa shape index (κ2) is 6.24. The number of furan rings is 1. The number of hydrogen-bond acceptors (Lipinski definition) is 4. The molecule has 0 radical (unpaired) electrons. The predicted molar refractivity (Wildman–Crippen MR) is 89.1 cm³/mol. The van der Waals surface area contributed by atoms with Crippen LogP contribution in [-0.4, -0.2) is 47.6 Å². The van der Waals surface area contributed by atoms with Crippen molar-refractivity contribution in [2.24, 2.45) is 5.41 Å². The summed E-state index contributed by atoms with van der Waals surface area (Å²) >= 11 is 0. The van der Waals surface area contributed by atoms with Gasteiger partial charge in [-0.25, -0.2) is 0 Å². The molecule has 2 saturated heterocycles. The highest BCUT2D eigenvalue weighted by Gasteiger charge is 2.51. The molecular formula is C18H26N2O4. The maximum absolute atomic E-state index is 12.9. The minimum Gasteiger partial charge on any atom is -0.481 e. The Bertz CT molecular complexity index is 651. The molecule has 6 heteroatoms. The Hall–Kier alpha value is -1.82. The molecule has 2 aliphatic rings. The maximum atomic E-state index is 12.9. The minimum absolute atomic E-state index is 0.0514. The van der Waals surface area contributed by atoms with E-state index in [0.29, 0.717) is 30.7 Å². The van der Waals surface area contributed by atoms with E-state index in [2.05, 4.69) is 5.32 Å². The summed E-state index contributed by atoms with van der Waals surface area (Å²) in [7, 11) is 0. The van der Waals surface area contributed by atoms with Gasteiger partial charge in [-0.15, -0.1) is 0 Å². The van der Waals surface area contributed by atoms with Gasteiger partial charge in [-0.1, -0.05) is 13.8 Å². The van der Waals surface area contributed by atoms with Crippen LogP contribution in [0.1, 0.15) is 60.9 Å². The molecule has 1 amide bonds. The molecule has 0 aromatic carbocycles. The molecule has 3 rings (SSSR count). The van der Waals surface area contributed by atoms with E-state index in [-0.39, 0.29) is 24.4 Å². The molecule has 2 fully saturated rings. The van der Waals surface area contributed by atoms with Crippen LogP contribution in [0.2, 0.25) is 0 Å². The Morgan fingerprint density at radius 1 is 1.46 bits per heavy atom. The summed E-state index contributed by atoms with van der Waals surface area (Å²) in [5, 5.41) is 13.2. The zero-order valence-corrected chi connectivity index (χ0v) is 14.6. The standard InChI is InChI=1S/C18H26N2O4/c1-11(2)14-9-13(12(3)24-14)16(21)20-8-5-15-18(10-20,17(22)23)6-4-7-19-15/h9,11,15,19H,4-8,10H2,1-3H3,(H,22,23)/t15-,18+/m0/s1. The third-order valence-electron chi connectivity index (χ3n) is 5.47. The lowest BCUT2D eigenvalue weighted by molar-refractivity contribution is -0.156. The smallest absolute Gasteiger partial charge is 0.313 e. The Morgan fingerprint density at radius 2 is 2.21 bits per heavy atom. The molecule has 0 unspecified atom stereocenters. The van der Waals surface area contributed by atoms with Crippen LogP contribution in [0, 0.1) is 12.3 Å². The molecule has 0 aliphatic carbocycles. The van der Waals surface area contributed by atoms with Gasteiger partial charge in [0, 0.05) is 25.0 Å². The van der Waals surface area contributed by atoms with Gasteiger partial charge in [-0.3, -0.25) is 9.59 Å². The molecule has 0 spiro atoms. The number of carbonyl (C=O) groups excluding carboxylic acids is 1. The third-order valence-corrected chi connectivity index (χ3v) is 5.47. The number of amides is 1. The number of carboxylic acid groups (broad SMARTS) is 1. The number of nitrogens with zero attached hydrogens (tertiary/aromatic N) is 1. The second-order valence-electron chi connectivity index (χ2n) is 7.36. The number of fused-ring (bicyclic) bond motifs is 1. The van der Waals surface area contributed by atoms with E-state index >= 15 is 0 Å². The van der Waals surface area contributed by atoms with E-state index in [4.69, 9.17) is 4.42 Å². The van der Waals surface area contributed by atoms with Gasteiger partial charge in [0.15, 0.2) is 0 Å². The number of rotatable bonds is 3. The first-order valence-corrected chi connectivity index (χ1v) is 8.71. The highest BCUT2D eigenvalue weighted by Crippen LogP contribution is 2.38. The fraction of sp³-hybridized carbons (Fsp3) is 0.667. The fourth-order valence-electron chi connectivity index (χ4n) is 3.99. The number of nitrogens with one attached hydrogen (secondary N) is 1. The first-order valence-electron chi connectivity index (χ1n) is 8.71. The molecule has 24 heavy (non-hydrogen) atoms. The molecular weight excluding hydrogens is 308 g/mol. The summed E-state index contributed by atoms with van der Waals surface area (Å²) in [5.74, 6) is 0.690. The van der Waals surface area contributed by atoms with Crippen LogP contribution in [0.25, 0.3) is 0 Å². The summed E-state index contributed by atoms with van der Waals surface area (Å²) in [6, 6.07) is 1.76. The van der Waals surface area contributed by atoms with Gasteiger partial charge >= 0.3 is 5.97 Å². The average molecular weight is 334 g/mol. The molecule has 3 heterocycles. The molecule has 1 aromatic heterocycles. The van der Waals surface area contributed by atoms with Crippen molar-refractivity contribution in [3.8, 4) is 0 Å². The van der Waals surface area contributed by atoms with Gasteiger partial charge in [0.25, 0.3) is 5.91 Å². The Morgan fingerprint density at radius 3 is 2.83 bits per heavy atom. The van der Waals surface area contributed by atoms with Crippen LogP contribution in [0.3, 0.4) is 0 Å². The summed E-state index contributed by atoms with van der Waals surface area (Å²) in [6.45, 7) is 7.52. The summed E-state index contributed by atoms with van der Waals surface area (Å²) in [6.07, 6.45) is 2.12. The molecule has 0 bridgehead atoms. The molecule has 6 nitrogen and oxygen atoms in total. The number of piperidine rings is 2. The second-order valence-corrected chi connectivity index (χ2v) is 7.36. The zero-order valence-electron chi connectivity index (χ0n) is 14.6. The number of carboxylic acids is 1. The topological polar surface area (TPSA) is 82.8 Å². The molecule has 132 valence electrons. The SMILES string of the molecule is Cc1oc(C(C)C)cc1C(=O)N1CC[C@@H]2NCCC[C@@]2(C(=O)O)C1. The third kappa shape index (κ3) is 2.73. The Labute approximate surface area is 142 Å². The number of hydrogen-bond donors (Lipinski definition) is 2. The van der Waals surface area contributed by atoms with Crippen LogP contribution in [-0.2, 0) is 4.79 Å². The van der Waals surface area contributed by atoms with Crippen molar-refractivity contribution in [1.29, 1.82) is 0 Å². The number of aliphatic carboxylic acids is 1. The van der Waals surface area contributed by atoms with E-state index in [1.54, 1.807) is 17.9 Å². The fourth-order valence-corrected chi connectivity index (χ4v) is 3.99. The molecule has 0 saturated carbocycles. The summed E-state index contributed by atoms with van der Waals surface area (Å²) in [5.41, 5.74) is -0.313. The minimum atomic E-state index is -0.870. The number of aryl methyl sites for hydroxylation is 1. The Kier molecular flexibility index (Phi) is 4.42. The van der Waals surface area contributed by atoms with Gasteiger partial charge in [0.2, 0.25) is 0 Å². The van der Waals surface area contributed by atoms with E-state index in [0.717, 1.165) is 18.7 Å². The van der Waals surface area contributed by atoms with Gasteiger partial charge in [-0.2, -0.15) is 0 Å². The molecule has 2 atom stereocenters. The van der Waals surface area contributed by atoms with E-state index in [9.17, 15) is 14.7 Å². The zero-order chi connectivity index (χ0) is 17.5. The highest BCUT2D eigenvalue weighted by atomic mass is 16.4.